The van der Waals surface area contributed by atoms with Gasteiger partial charge in [-0.1, -0.05) is 11.6 Å². The van der Waals surface area contributed by atoms with Crippen LogP contribution in [0.3, 0.4) is 0 Å². The third-order valence-corrected chi connectivity index (χ3v) is 5.28. The summed E-state index contributed by atoms with van der Waals surface area (Å²) in [5.74, 6) is 1.83. The first-order valence-electron chi connectivity index (χ1n) is 8.95. The van der Waals surface area contributed by atoms with Crippen LogP contribution in [-0.2, 0) is 9.53 Å². The highest BCUT2D eigenvalue weighted by molar-refractivity contribution is 6.34. The maximum Gasteiger partial charge on any atom is 0.252 e. The zero-order valence-electron chi connectivity index (χ0n) is 14.5. The van der Waals surface area contributed by atoms with Gasteiger partial charge in [0.05, 0.1) is 17.2 Å². The first-order valence-corrected chi connectivity index (χ1v) is 9.33. The van der Waals surface area contributed by atoms with Gasteiger partial charge < -0.3 is 15.4 Å². The van der Waals surface area contributed by atoms with Gasteiger partial charge in [-0.25, -0.2) is 0 Å². The van der Waals surface area contributed by atoms with Crippen molar-refractivity contribution in [1.82, 2.24) is 5.32 Å². The Labute approximate surface area is 153 Å². The van der Waals surface area contributed by atoms with Crippen LogP contribution in [0.5, 0.6) is 0 Å². The minimum absolute atomic E-state index is 0.0390. The molecule has 2 aliphatic rings. The number of benzene rings is 1. The summed E-state index contributed by atoms with van der Waals surface area (Å²) in [6.07, 6.45) is 5.67. The van der Waals surface area contributed by atoms with Gasteiger partial charge in [0, 0.05) is 25.8 Å². The number of nitrogens with one attached hydrogen (secondary N) is 2. The zero-order valence-corrected chi connectivity index (χ0v) is 15.3. The second-order valence-corrected chi connectivity index (χ2v) is 7.44. The van der Waals surface area contributed by atoms with E-state index in [1.54, 1.807) is 25.3 Å². The predicted octanol–water partition coefficient (Wildman–Crippen LogP) is 3.48. The third-order valence-electron chi connectivity index (χ3n) is 4.97. The van der Waals surface area contributed by atoms with Crippen LogP contribution in [0.1, 0.15) is 42.5 Å². The smallest absolute Gasteiger partial charge is 0.252 e. The molecule has 3 rings (SSSR count). The number of carbonyl (C=O) groups is 2. The standard InChI is InChI=1S/C19H25ClN2O3/c1-25-9-8-21-19(24)15-7-6-14(10-17(15)20)22-18(23)11-16(12-2-3-12)13-4-5-13/h6-7,10,12-13,16H,2-5,8-9,11H2,1H3,(H,21,24)(H,22,23). The molecule has 6 heteroatoms. The van der Waals surface area contributed by atoms with Gasteiger partial charge in [0.2, 0.25) is 5.91 Å². The van der Waals surface area contributed by atoms with E-state index in [1.165, 1.54) is 25.7 Å². The summed E-state index contributed by atoms with van der Waals surface area (Å²) in [6, 6.07) is 4.99. The Balaban J connectivity index is 1.54. The Kier molecular flexibility index (Phi) is 5.97. The van der Waals surface area contributed by atoms with Crippen molar-refractivity contribution < 1.29 is 14.3 Å². The van der Waals surface area contributed by atoms with E-state index in [4.69, 9.17) is 16.3 Å². The van der Waals surface area contributed by atoms with Crippen molar-refractivity contribution in [1.29, 1.82) is 0 Å². The van der Waals surface area contributed by atoms with E-state index < -0.39 is 0 Å². The molecule has 2 N–H and O–H groups in total. The van der Waals surface area contributed by atoms with Crippen LogP contribution in [0, 0.1) is 17.8 Å². The Morgan fingerprint density at radius 3 is 2.48 bits per heavy atom. The second kappa shape index (κ2) is 8.19. The third kappa shape index (κ3) is 5.19. The first-order chi connectivity index (χ1) is 12.1. The van der Waals surface area contributed by atoms with Crippen molar-refractivity contribution in [2.45, 2.75) is 32.1 Å². The summed E-state index contributed by atoms with van der Waals surface area (Å²) >= 11 is 6.20. The quantitative estimate of drug-likeness (QED) is 0.659. The highest BCUT2D eigenvalue weighted by Gasteiger charge is 2.42. The molecule has 0 saturated heterocycles. The van der Waals surface area contributed by atoms with Crippen molar-refractivity contribution in [3.63, 3.8) is 0 Å². The fourth-order valence-electron chi connectivity index (χ4n) is 3.33. The van der Waals surface area contributed by atoms with Crippen LogP contribution in [0.15, 0.2) is 18.2 Å². The lowest BCUT2D eigenvalue weighted by Gasteiger charge is -2.15. The molecular formula is C19H25ClN2O3. The van der Waals surface area contributed by atoms with Crippen LogP contribution < -0.4 is 10.6 Å². The highest BCUT2D eigenvalue weighted by atomic mass is 35.5. The molecule has 136 valence electrons. The molecule has 2 aliphatic carbocycles. The fourth-order valence-corrected chi connectivity index (χ4v) is 3.60. The van der Waals surface area contributed by atoms with Crippen LogP contribution in [0.25, 0.3) is 0 Å². The van der Waals surface area contributed by atoms with Crippen molar-refractivity contribution in [3.05, 3.63) is 28.8 Å². The molecule has 5 nitrogen and oxygen atoms in total. The Bertz CT molecular complexity index is 630. The van der Waals surface area contributed by atoms with Gasteiger partial charge in [-0.3, -0.25) is 9.59 Å². The van der Waals surface area contributed by atoms with Crippen molar-refractivity contribution >= 4 is 29.1 Å². The van der Waals surface area contributed by atoms with Crippen LogP contribution in [0.2, 0.25) is 5.02 Å². The highest BCUT2D eigenvalue weighted by Crippen LogP contribution is 2.50. The first kappa shape index (κ1) is 18.2. The summed E-state index contributed by atoms with van der Waals surface area (Å²) in [5, 5.41) is 5.98. The number of hydrogen-bond donors (Lipinski definition) is 2. The van der Waals surface area contributed by atoms with E-state index >= 15 is 0 Å². The monoisotopic (exact) mass is 364 g/mol. The molecule has 1 aromatic carbocycles. The van der Waals surface area contributed by atoms with Gasteiger partial charge in [0.15, 0.2) is 0 Å². The zero-order chi connectivity index (χ0) is 17.8. The number of carbonyl (C=O) groups excluding carboxylic acids is 2. The lowest BCUT2D eigenvalue weighted by molar-refractivity contribution is -0.117. The molecule has 0 radical (unpaired) electrons. The number of ether oxygens (including phenoxy) is 1. The molecule has 25 heavy (non-hydrogen) atoms. The summed E-state index contributed by atoms with van der Waals surface area (Å²) in [5.41, 5.74) is 1.03. The Morgan fingerprint density at radius 2 is 1.92 bits per heavy atom. The number of rotatable bonds is 9. The molecule has 1 aromatic rings. The van der Waals surface area contributed by atoms with Crippen molar-refractivity contribution in [2.75, 3.05) is 25.6 Å². The van der Waals surface area contributed by atoms with E-state index in [1.807, 2.05) is 0 Å². The van der Waals surface area contributed by atoms with E-state index in [9.17, 15) is 9.59 Å². The van der Waals surface area contributed by atoms with E-state index in [2.05, 4.69) is 10.6 Å². The molecule has 0 spiro atoms. The predicted molar refractivity (Wildman–Crippen MR) is 97.8 cm³/mol. The minimum Gasteiger partial charge on any atom is -0.383 e. The van der Waals surface area contributed by atoms with Gasteiger partial charge in [-0.2, -0.15) is 0 Å². The molecule has 2 amide bonds. The van der Waals surface area contributed by atoms with E-state index in [-0.39, 0.29) is 11.8 Å². The van der Waals surface area contributed by atoms with Gasteiger partial charge in [-0.15, -0.1) is 0 Å². The topological polar surface area (TPSA) is 67.4 Å². The van der Waals surface area contributed by atoms with Gasteiger partial charge in [0.1, 0.15) is 0 Å². The van der Waals surface area contributed by atoms with Gasteiger partial charge in [-0.05, 0) is 61.6 Å². The summed E-state index contributed by atoms with van der Waals surface area (Å²) < 4.78 is 4.90. The summed E-state index contributed by atoms with van der Waals surface area (Å²) in [7, 11) is 1.58. The second-order valence-electron chi connectivity index (χ2n) is 7.03. The molecule has 0 unspecified atom stereocenters. The lowest BCUT2D eigenvalue weighted by atomic mass is 9.94. The van der Waals surface area contributed by atoms with E-state index in [0.717, 1.165) is 11.8 Å². The summed E-state index contributed by atoms with van der Waals surface area (Å²) in [6.45, 7) is 0.870. The molecule has 0 atom stereocenters. The Morgan fingerprint density at radius 1 is 1.24 bits per heavy atom. The van der Waals surface area contributed by atoms with Crippen molar-refractivity contribution in [3.8, 4) is 0 Å². The van der Waals surface area contributed by atoms with Gasteiger partial charge in [0.25, 0.3) is 5.91 Å². The largest absolute Gasteiger partial charge is 0.383 e. The number of methoxy groups -OCH3 is 1. The van der Waals surface area contributed by atoms with Crippen molar-refractivity contribution in [2.24, 2.45) is 17.8 Å². The number of halogens is 1. The van der Waals surface area contributed by atoms with Crippen LogP contribution in [-0.4, -0.2) is 32.1 Å². The maximum absolute atomic E-state index is 12.3. The number of amides is 2. The van der Waals surface area contributed by atoms with Crippen LogP contribution in [0.4, 0.5) is 5.69 Å². The number of anilines is 1. The molecule has 2 saturated carbocycles. The molecule has 0 bridgehead atoms. The van der Waals surface area contributed by atoms with Gasteiger partial charge >= 0.3 is 0 Å². The maximum atomic E-state index is 12.3. The normalized spacial score (nSPS) is 16.8. The molecular weight excluding hydrogens is 340 g/mol. The Hall–Kier alpha value is -1.59. The lowest BCUT2D eigenvalue weighted by Crippen LogP contribution is -2.27. The minimum atomic E-state index is -0.248. The molecule has 0 aliphatic heterocycles. The molecule has 0 heterocycles. The average Bonchev–Trinajstić information content (AvgIpc) is 3.47. The average molecular weight is 365 g/mol. The molecule has 2 fully saturated rings. The fraction of sp³-hybridized carbons (Fsp3) is 0.579. The van der Waals surface area contributed by atoms with Crippen LogP contribution >= 0.6 is 11.6 Å². The summed E-state index contributed by atoms with van der Waals surface area (Å²) in [4.78, 5) is 24.4. The molecule has 0 aromatic heterocycles. The SMILES string of the molecule is COCCNC(=O)c1ccc(NC(=O)CC(C2CC2)C2CC2)cc1Cl. The van der Waals surface area contributed by atoms with E-state index in [0.29, 0.717) is 41.8 Å². The number of hydrogen-bond acceptors (Lipinski definition) is 3.